The number of esters is 1. The molecule has 0 atom stereocenters. The van der Waals surface area contributed by atoms with Gasteiger partial charge in [-0.3, -0.25) is 4.72 Å². The third-order valence-corrected chi connectivity index (χ3v) is 6.44. The van der Waals surface area contributed by atoms with E-state index in [0.29, 0.717) is 38.2 Å². The monoisotopic (exact) mass is 459 g/mol. The van der Waals surface area contributed by atoms with Crippen LogP contribution in [0.2, 0.25) is 5.02 Å². The maximum absolute atomic E-state index is 13.0. The zero-order valence-corrected chi connectivity index (χ0v) is 18.2. The van der Waals surface area contributed by atoms with Gasteiger partial charge < -0.3 is 13.9 Å². The average Bonchev–Trinajstić information content (AvgIpc) is 3.12. The van der Waals surface area contributed by atoms with Crippen molar-refractivity contribution in [3.05, 3.63) is 70.9 Å². The van der Waals surface area contributed by atoms with Crippen LogP contribution < -0.4 is 4.72 Å². The Kier molecular flexibility index (Phi) is 5.62. The number of fused-ring (bicyclic) bond motifs is 3. The number of hydrogen-bond acceptors (Lipinski definition) is 6. The minimum atomic E-state index is -3.91. The number of benzene rings is 3. The summed E-state index contributed by atoms with van der Waals surface area (Å²) in [5.41, 5.74) is 0.933. The fourth-order valence-electron chi connectivity index (χ4n) is 3.43. The second-order valence-corrected chi connectivity index (χ2v) is 8.85. The Morgan fingerprint density at radius 1 is 1.03 bits per heavy atom. The van der Waals surface area contributed by atoms with E-state index in [4.69, 9.17) is 25.5 Å². The zero-order valence-electron chi connectivity index (χ0n) is 16.6. The fourth-order valence-corrected chi connectivity index (χ4v) is 4.63. The Morgan fingerprint density at radius 2 is 1.71 bits per heavy atom. The first kappa shape index (κ1) is 21.2. The van der Waals surface area contributed by atoms with E-state index < -0.39 is 16.0 Å². The van der Waals surface area contributed by atoms with Gasteiger partial charge in [-0.2, -0.15) is 0 Å². The van der Waals surface area contributed by atoms with Crippen molar-refractivity contribution in [3.8, 4) is 0 Å². The summed E-state index contributed by atoms with van der Waals surface area (Å²) in [6, 6.07) is 14.5. The summed E-state index contributed by atoms with van der Waals surface area (Å²) in [6.45, 7) is 0.0548. The normalized spacial score (nSPS) is 11.7. The Balaban J connectivity index is 1.96. The van der Waals surface area contributed by atoms with E-state index in [1.807, 2.05) is 0 Å². The molecule has 1 N–H and O–H groups in total. The molecular formula is C22H18ClNO6S. The van der Waals surface area contributed by atoms with Crippen molar-refractivity contribution in [2.24, 2.45) is 0 Å². The van der Waals surface area contributed by atoms with Crippen LogP contribution in [0.3, 0.4) is 0 Å². The van der Waals surface area contributed by atoms with Crippen molar-refractivity contribution < 1.29 is 27.1 Å². The lowest BCUT2D eigenvalue weighted by Crippen LogP contribution is -2.13. The lowest BCUT2D eigenvalue weighted by atomic mass is 10.0. The zero-order chi connectivity index (χ0) is 22.2. The summed E-state index contributed by atoms with van der Waals surface area (Å²) in [4.78, 5) is 12.5. The molecule has 4 aromatic rings. The Morgan fingerprint density at radius 3 is 2.35 bits per heavy atom. The van der Waals surface area contributed by atoms with Gasteiger partial charge in [0, 0.05) is 28.3 Å². The fraction of sp³-hybridized carbons (Fsp3) is 0.136. The van der Waals surface area contributed by atoms with E-state index in [1.165, 1.54) is 38.5 Å². The number of rotatable bonds is 6. The van der Waals surface area contributed by atoms with Crippen LogP contribution in [0.1, 0.15) is 16.1 Å². The maximum Gasteiger partial charge on any atom is 0.342 e. The standard InChI is InChI=1S/C22H18ClNO6S/c1-28-12-19-20(22(25)29-2)17-11-18(15-5-3-4-6-16(15)21(17)30-19)24-31(26,27)14-9-7-13(23)8-10-14/h3-11,24H,12H2,1-2H3. The molecule has 9 heteroatoms. The number of carbonyl (C=O) groups is 1. The highest BCUT2D eigenvalue weighted by molar-refractivity contribution is 7.92. The van der Waals surface area contributed by atoms with Crippen LogP contribution >= 0.6 is 11.6 Å². The van der Waals surface area contributed by atoms with Gasteiger partial charge in [-0.25, -0.2) is 13.2 Å². The van der Waals surface area contributed by atoms with Crippen LogP contribution in [-0.2, 0) is 26.1 Å². The first-order chi connectivity index (χ1) is 14.9. The first-order valence-corrected chi connectivity index (χ1v) is 11.0. The van der Waals surface area contributed by atoms with E-state index in [0.717, 1.165) is 0 Å². The molecule has 7 nitrogen and oxygen atoms in total. The molecule has 0 bridgehead atoms. The molecule has 1 heterocycles. The highest BCUT2D eigenvalue weighted by atomic mass is 35.5. The van der Waals surface area contributed by atoms with Gasteiger partial charge in [0.05, 0.1) is 17.7 Å². The molecule has 0 fully saturated rings. The van der Waals surface area contributed by atoms with Crippen LogP contribution in [0.25, 0.3) is 21.7 Å². The second-order valence-electron chi connectivity index (χ2n) is 6.73. The molecule has 0 spiro atoms. The largest absolute Gasteiger partial charge is 0.465 e. The molecule has 4 rings (SSSR count). The summed E-state index contributed by atoms with van der Waals surface area (Å²) in [5, 5.41) is 2.10. The molecule has 0 aliphatic rings. The third kappa shape index (κ3) is 3.85. The van der Waals surface area contributed by atoms with Gasteiger partial charge in [0.25, 0.3) is 10.0 Å². The highest BCUT2D eigenvalue weighted by Gasteiger charge is 2.25. The minimum absolute atomic E-state index is 0.0548. The predicted molar refractivity (Wildman–Crippen MR) is 118 cm³/mol. The van der Waals surface area contributed by atoms with Gasteiger partial charge in [-0.1, -0.05) is 35.9 Å². The number of nitrogens with one attached hydrogen (secondary N) is 1. The lowest BCUT2D eigenvalue weighted by molar-refractivity contribution is 0.0594. The number of sulfonamides is 1. The number of methoxy groups -OCH3 is 2. The summed E-state index contributed by atoms with van der Waals surface area (Å²) >= 11 is 5.87. The average molecular weight is 460 g/mol. The Bertz CT molecular complexity index is 1390. The molecule has 0 aliphatic heterocycles. The van der Waals surface area contributed by atoms with Gasteiger partial charge in [-0.05, 0) is 30.3 Å². The second kappa shape index (κ2) is 8.22. The lowest BCUT2D eigenvalue weighted by Gasteiger charge is -2.12. The smallest absolute Gasteiger partial charge is 0.342 e. The number of halogens is 1. The van der Waals surface area contributed by atoms with Gasteiger partial charge >= 0.3 is 5.97 Å². The van der Waals surface area contributed by atoms with Crippen molar-refractivity contribution >= 4 is 55.0 Å². The summed E-state index contributed by atoms with van der Waals surface area (Å²) in [6.07, 6.45) is 0. The van der Waals surface area contributed by atoms with Gasteiger partial charge in [-0.15, -0.1) is 0 Å². The summed E-state index contributed by atoms with van der Waals surface area (Å²) in [7, 11) is -1.16. The van der Waals surface area contributed by atoms with E-state index in [9.17, 15) is 13.2 Å². The summed E-state index contributed by atoms with van der Waals surface area (Å²) in [5.74, 6) is -0.306. The SMILES string of the molecule is COCc1oc2c(cc(NS(=O)(=O)c3ccc(Cl)cc3)c3ccccc32)c1C(=O)OC. The van der Waals surface area contributed by atoms with Crippen LogP contribution in [0, 0.1) is 0 Å². The van der Waals surface area contributed by atoms with Crippen molar-refractivity contribution in [2.75, 3.05) is 18.9 Å². The van der Waals surface area contributed by atoms with E-state index >= 15 is 0 Å². The number of hydrogen-bond donors (Lipinski definition) is 1. The van der Waals surface area contributed by atoms with Crippen LogP contribution in [0.4, 0.5) is 5.69 Å². The number of furan rings is 1. The predicted octanol–water partition coefficient (Wildman–Crippen LogP) is 4.97. The Hall–Kier alpha value is -3.07. The molecule has 0 aliphatic carbocycles. The summed E-state index contributed by atoms with van der Waals surface area (Å²) < 4.78 is 44.6. The third-order valence-electron chi connectivity index (χ3n) is 4.80. The van der Waals surface area contributed by atoms with E-state index in [1.54, 1.807) is 30.3 Å². The number of carbonyl (C=O) groups excluding carboxylic acids is 1. The van der Waals surface area contributed by atoms with Crippen LogP contribution in [0.15, 0.2) is 63.9 Å². The topological polar surface area (TPSA) is 94.8 Å². The maximum atomic E-state index is 13.0. The molecular weight excluding hydrogens is 442 g/mol. The quantitative estimate of drug-likeness (QED) is 0.409. The first-order valence-electron chi connectivity index (χ1n) is 9.18. The Labute approximate surface area is 183 Å². The van der Waals surface area contributed by atoms with Gasteiger partial charge in [0.15, 0.2) is 0 Å². The molecule has 31 heavy (non-hydrogen) atoms. The van der Waals surface area contributed by atoms with Crippen molar-refractivity contribution in [2.45, 2.75) is 11.5 Å². The van der Waals surface area contributed by atoms with Crippen molar-refractivity contribution in [1.29, 1.82) is 0 Å². The molecule has 0 saturated carbocycles. The number of ether oxygens (including phenoxy) is 2. The molecule has 1 aromatic heterocycles. The molecule has 3 aromatic carbocycles. The highest BCUT2D eigenvalue weighted by Crippen LogP contribution is 2.38. The van der Waals surface area contributed by atoms with Crippen molar-refractivity contribution in [3.63, 3.8) is 0 Å². The molecule has 0 saturated heterocycles. The minimum Gasteiger partial charge on any atom is -0.465 e. The molecule has 0 amide bonds. The van der Waals surface area contributed by atoms with Crippen LogP contribution in [0.5, 0.6) is 0 Å². The molecule has 0 unspecified atom stereocenters. The van der Waals surface area contributed by atoms with Crippen LogP contribution in [-0.4, -0.2) is 28.6 Å². The number of anilines is 1. The van der Waals surface area contributed by atoms with Gasteiger partial charge in [0.2, 0.25) is 0 Å². The van der Waals surface area contributed by atoms with E-state index in [-0.39, 0.29) is 17.1 Å². The van der Waals surface area contributed by atoms with Crippen molar-refractivity contribution in [1.82, 2.24) is 0 Å². The van der Waals surface area contributed by atoms with E-state index in [2.05, 4.69) is 4.72 Å². The van der Waals surface area contributed by atoms with Gasteiger partial charge in [0.1, 0.15) is 23.5 Å². The molecule has 0 radical (unpaired) electrons. The molecule has 160 valence electrons.